The molecule has 0 spiro atoms. The van der Waals surface area contributed by atoms with Crippen molar-refractivity contribution in [3.63, 3.8) is 0 Å². The van der Waals surface area contributed by atoms with Crippen LogP contribution in [0.15, 0.2) is 30.5 Å². The van der Waals surface area contributed by atoms with E-state index in [0.717, 1.165) is 48.4 Å². The molecule has 1 atom stereocenters. The van der Waals surface area contributed by atoms with Gasteiger partial charge in [0.1, 0.15) is 11.6 Å². The first-order valence-corrected chi connectivity index (χ1v) is 10.6. The minimum absolute atomic E-state index is 0.0235. The van der Waals surface area contributed by atoms with Gasteiger partial charge in [0.25, 0.3) is 0 Å². The molecule has 7 heteroatoms. The van der Waals surface area contributed by atoms with Gasteiger partial charge in [0.15, 0.2) is 0 Å². The largest absolute Gasteiger partial charge is 0.497 e. The Morgan fingerprint density at radius 3 is 2.43 bits per heavy atom. The molecule has 1 aliphatic carbocycles. The molecule has 2 N–H and O–H groups in total. The third kappa shape index (κ3) is 5.40. The predicted octanol–water partition coefficient (Wildman–Crippen LogP) is 3.71. The first-order chi connectivity index (χ1) is 14.4. The first-order valence-electron chi connectivity index (χ1n) is 10.6. The number of methoxy groups -OCH3 is 1. The van der Waals surface area contributed by atoms with Gasteiger partial charge in [0, 0.05) is 37.8 Å². The second kappa shape index (κ2) is 9.78. The number of hydrogen-bond acceptors (Lipinski definition) is 6. The molecule has 1 aromatic heterocycles. The molecule has 2 aromatic rings. The Morgan fingerprint density at radius 2 is 1.83 bits per heavy atom. The number of ether oxygens (including phenoxy) is 1. The molecule has 1 aliphatic rings. The molecule has 1 fully saturated rings. The fourth-order valence-electron chi connectivity index (χ4n) is 3.94. The molecule has 0 unspecified atom stereocenters. The topological polar surface area (TPSA) is 79.4 Å². The van der Waals surface area contributed by atoms with Gasteiger partial charge in [0.05, 0.1) is 13.2 Å². The van der Waals surface area contributed by atoms with Crippen LogP contribution in [0, 0.1) is 12.8 Å². The normalized spacial score (nSPS) is 19.6. The molecular weight excluding hydrogens is 378 g/mol. The maximum atomic E-state index is 12.7. The van der Waals surface area contributed by atoms with Crippen molar-refractivity contribution >= 4 is 17.7 Å². The number of benzene rings is 1. The van der Waals surface area contributed by atoms with Crippen molar-refractivity contribution in [2.45, 2.75) is 51.6 Å². The molecule has 7 nitrogen and oxygen atoms in total. The van der Waals surface area contributed by atoms with Crippen molar-refractivity contribution in [2.75, 3.05) is 31.4 Å². The molecule has 0 saturated heterocycles. The maximum Gasteiger partial charge on any atom is 0.224 e. The Bertz CT molecular complexity index is 845. The van der Waals surface area contributed by atoms with E-state index in [0.29, 0.717) is 12.0 Å². The van der Waals surface area contributed by atoms with Crippen LogP contribution in [0.5, 0.6) is 5.75 Å². The Hall–Kier alpha value is -2.83. The zero-order valence-corrected chi connectivity index (χ0v) is 18.6. The van der Waals surface area contributed by atoms with Gasteiger partial charge in [-0.05, 0) is 57.2 Å². The van der Waals surface area contributed by atoms with Gasteiger partial charge in [-0.3, -0.25) is 4.79 Å². The number of carbonyl (C=O) groups excluding carboxylic acids is 1. The summed E-state index contributed by atoms with van der Waals surface area (Å²) < 4.78 is 5.20. The van der Waals surface area contributed by atoms with E-state index < -0.39 is 0 Å². The number of rotatable bonds is 7. The lowest BCUT2D eigenvalue weighted by Crippen LogP contribution is -2.37. The van der Waals surface area contributed by atoms with Gasteiger partial charge in [-0.2, -0.15) is 4.98 Å². The molecule has 30 heavy (non-hydrogen) atoms. The Kier molecular flexibility index (Phi) is 7.13. The Labute approximate surface area is 179 Å². The van der Waals surface area contributed by atoms with E-state index in [2.05, 4.69) is 20.6 Å². The molecule has 0 bridgehead atoms. The number of aryl methyl sites for hydroxylation is 1. The second-order valence-corrected chi connectivity index (χ2v) is 8.29. The molecule has 1 amide bonds. The SMILES string of the molecule is COc1ccc([C@H](C)NC(=O)[C@H]2CC[C@@H](Nc3ncc(C)c(N(C)C)n3)CC2)cc1. The molecule has 1 heterocycles. The van der Waals surface area contributed by atoms with Crippen molar-refractivity contribution in [1.82, 2.24) is 15.3 Å². The lowest BCUT2D eigenvalue weighted by atomic mass is 9.85. The predicted molar refractivity (Wildman–Crippen MR) is 120 cm³/mol. The molecule has 0 radical (unpaired) electrons. The highest BCUT2D eigenvalue weighted by molar-refractivity contribution is 5.79. The lowest BCUT2D eigenvalue weighted by Gasteiger charge is -2.29. The van der Waals surface area contributed by atoms with Crippen LogP contribution in [-0.4, -0.2) is 43.1 Å². The van der Waals surface area contributed by atoms with Crippen molar-refractivity contribution in [2.24, 2.45) is 5.92 Å². The van der Waals surface area contributed by atoms with Gasteiger partial charge in [-0.25, -0.2) is 4.98 Å². The quantitative estimate of drug-likeness (QED) is 0.723. The highest BCUT2D eigenvalue weighted by Gasteiger charge is 2.27. The summed E-state index contributed by atoms with van der Waals surface area (Å²) in [6.07, 6.45) is 5.45. The summed E-state index contributed by atoms with van der Waals surface area (Å²) in [4.78, 5) is 23.8. The van der Waals surface area contributed by atoms with Crippen molar-refractivity contribution in [3.8, 4) is 5.75 Å². The van der Waals surface area contributed by atoms with Gasteiger partial charge < -0.3 is 20.3 Å². The van der Waals surface area contributed by atoms with Gasteiger partial charge in [-0.15, -0.1) is 0 Å². The van der Waals surface area contributed by atoms with Gasteiger partial charge >= 0.3 is 0 Å². The zero-order valence-electron chi connectivity index (χ0n) is 18.6. The average Bonchev–Trinajstić information content (AvgIpc) is 2.75. The summed E-state index contributed by atoms with van der Waals surface area (Å²) in [6, 6.07) is 8.10. The van der Waals surface area contributed by atoms with Crippen molar-refractivity contribution < 1.29 is 9.53 Å². The number of aromatic nitrogens is 2. The minimum Gasteiger partial charge on any atom is -0.497 e. The summed E-state index contributed by atoms with van der Waals surface area (Å²) in [7, 11) is 5.61. The van der Waals surface area contributed by atoms with E-state index in [1.807, 2.05) is 63.3 Å². The second-order valence-electron chi connectivity index (χ2n) is 8.29. The summed E-state index contributed by atoms with van der Waals surface area (Å²) >= 11 is 0. The van der Waals surface area contributed by atoms with Crippen LogP contribution in [0.25, 0.3) is 0 Å². The highest BCUT2D eigenvalue weighted by atomic mass is 16.5. The van der Waals surface area contributed by atoms with Crippen molar-refractivity contribution in [1.29, 1.82) is 0 Å². The minimum atomic E-state index is -0.0235. The van der Waals surface area contributed by atoms with Crippen LogP contribution in [0.1, 0.15) is 49.8 Å². The van der Waals surface area contributed by atoms with Crippen molar-refractivity contribution in [3.05, 3.63) is 41.6 Å². The fourth-order valence-corrected chi connectivity index (χ4v) is 3.94. The van der Waals surface area contributed by atoms with E-state index in [-0.39, 0.29) is 17.9 Å². The summed E-state index contributed by atoms with van der Waals surface area (Å²) in [6.45, 7) is 4.03. The van der Waals surface area contributed by atoms with E-state index >= 15 is 0 Å². The Balaban J connectivity index is 1.50. The van der Waals surface area contributed by atoms with Crippen LogP contribution in [0.2, 0.25) is 0 Å². The molecule has 3 rings (SSSR count). The fraction of sp³-hybridized carbons (Fsp3) is 0.522. The number of nitrogens with one attached hydrogen (secondary N) is 2. The highest BCUT2D eigenvalue weighted by Crippen LogP contribution is 2.28. The molecule has 162 valence electrons. The van der Waals surface area contributed by atoms with Crippen LogP contribution >= 0.6 is 0 Å². The summed E-state index contributed by atoms with van der Waals surface area (Å²) in [5.41, 5.74) is 2.13. The number of carbonyl (C=O) groups is 1. The van der Waals surface area contributed by atoms with E-state index in [9.17, 15) is 4.79 Å². The summed E-state index contributed by atoms with van der Waals surface area (Å²) in [5, 5.41) is 6.61. The smallest absolute Gasteiger partial charge is 0.224 e. The van der Waals surface area contributed by atoms with E-state index in [1.165, 1.54) is 0 Å². The molecule has 1 aromatic carbocycles. The van der Waals surface area contributed by atoms with Crippen LogP contribution in [-0.2, 0) is 4.79 Å². The van der Waals surface area contributed by atoms with Gasteiger partial charge in [-0.1, -0.05) is 12.1 Å². The van der Waals surface area contributed by atoms with E-state index in [4.69, 9.17) is 4.74 Å². The number of anilines is 2. The van der Waals surface area contributed by atoms with Gasteiger partial charge in [0.2, 0.25) is 11.9 Å². The molecule has 1 saturated carbocycles. The maximum absolute atomic E-state index is 12.7. The average molecular weight is 412 g/mol. The van der Waals surface area contributed by atoms with Crippen LogP contribution in [0.3, 0.4) is 0 Å². The summed E-state index contributed by atoms with van der Waals surface area (Å²) in [5.74, 6) is 2.59. The zero-order chi connectivity index (χ0) is 21.7. The molecular formula is C23H33N5O2. The lowest BCUT2D eigenvalue weighted by molar-refractivity contribution is -0.126. The third-order valence-corrected chi connectivity index (χ3v) is 5.77. The number of nitrogens with zero attached hydrogens (tertiary/aromatic N) is 3. The molecule has 0 aliphatic heterocycles. The first kappa shape index (κ1) is 21.9. The third-order valence-electron chi connectivity index (χ3n) is 5.77. The Morgan fingerprint density at radius 1 is 1.17 bits per heavy atom. The monoisotopic (exact) mass is 411 g/mol. The standard InChI is InChI=1S/C23H33N5O2/c1-15-14-24-23(27-21(15)28(3)4)26-19-10-6-18(7-11-19)22(29)25-16(2)17-8-12-20(30-5)13-9-17/h8-9,12-14,16,18-19H,6-7,10-11H2,1-5H3,(H,25,29)(H,24,26,27)/t16-,18-,19+/m0/s1. The van der Waals surface area contributed by atoms with Crippen LogP contribution in [0.4, 0.5) is 11.8 Å². The van der Waals surface area contributed by atoms with Crippen LogP contribution < -0.4 is 20.3 Å². The number of hydrogen-bond donors (Lipinski definition) is 2. The number of amides is 1. The van der Waals surface area contributed by atoms with E-state index in [1.54, 1.807) is 7.11 Å².